The summed E-state index contributed by atoms with van der Waals surface area (Å²) in [6, 6.07) is 25.1. The van der Waals surface area contributed by atoms with Crippen molar-refractivity contribution in [3.05, 3.63) is 96.0 Å². The van der Waals surface area contributed by atoms with Gasteiger partial charge in [0.05, 0.1) is 25.8 Å². The van der Waals surface area contributed by atoms with Gasteiger partial charge in [-0.15, -0.1) is 0 Å². The second-order valence-electron chi connectivity index (χ2n) is 7.98. The van der Waals surface area contributed by atoms with Gasteiger partial charge in [-0.05, 0) is 73.2 Å². The standard InChI is InChI=1S/C27H24N4O3S/c1-17-23(26-29-25(30-34-26)19-11-15-22(33-3)16-12-19)24(18-9-13-21(32-2)14-10-18)28-27(35)31(17)20-7-5-4-6-8-20/h4-16,24H,1-3H3,(H,28,35). The van der Waals surface area contributed by atoms with Crippen LogP contribution in [0.4, 0.5) is 5.69 Å². The fourth-order valence-corrected chi connectivity index (χ4v) is 4.50. The third kappa shape index (κ3) is 4.36. The third-order valence-corrected chi connectivity index (χ3v) is 6.25. The monoisotopic (exact) mass is 484 g/mol. The second-order valence-corrected chi connectivity index (χ2v) is 8.36. The first-order valence-electron chi connectivity index (χ1n) is 11.1. The molecule has 1 aliphatic rings. The van der Waals surface area contributed by atoms with E-state index in [0.29, 0.717) is 16.8 Å². The van der Waals surface area contributed by atoms with Crippen molar-refractivity contribution in [2.75, 3.05) is 19.1 Å². The number of methoxy groups -OCH3 is 2. The molecule has 3 aromatic carbocycles. The highest BCUT2D eigenvalue weighted by Gasteiger charge is 2.34. The number of anilines is 1. The average molecular weight is 485 g/mol. The molecule has 1 unspecified atom stereocenters. The molecule has 1 aromatic heterocycles. The lowest BCUT2D eigenvalue weighted by Gasteiger charge is -2.37. The van der Waals surface area contributed by atoms with Gasteiger partial charge in [-0.3, -0.25) is 4.90 Å². The molecule has 176 valence electrons. The van der Waals surface area contributed by atoms with Crippen LogP contribution in [0.5, 0.6) is 11.5 Å². The van der Waals surface area contributed by atoms with E-state index in [1.807, 2.05) is 90.7 Å². The first kappa shape index (κ1) is 22.6. The molecule has 5 rings (SSSR count). The Balaban J connectivity index is 1.61. The summed E-state index contributed by atoms with van der Waals surface area (Å²) >= 11 is 5.80. The van der Waals surface area contributed by atoms with Crippen LogP contribution in [0.2, 0.25) is 0 Å². The number of aromatic nitrogens is 2. The minimum Gasteiger partial charge on any atom is -0.497 e. The van der Waals surface area contributed by atoms with Crippen molar-refractivity contribution in [1.82, 2.24) is 15.5 Å². The Morgan fingerprint density at radius 3 is 2.14 bits per heavy atom. The molecule has 8 heteroatoms. The van der Waals surface area contributed by atoms with Gasteiger partial charge in [-0.2, -0.15) is 4.98 Å². The van der Waals surface area contributed by atoms with Crippen LogP contribution in [0.15, 0.2) is 89.1 Å². The summed E-state index contributed by atoms with van der Waals surface area (Å²) in [6.45, 7) is 2.02. The lowest BCUT2D eigenvalue weighted by atomic mass is 9.94. The molecule has 0 spiro atoms. The Labute approximate surface area is 209 Å². The van der Waals surface area contributed by atoms with Crippen molar-refractivity contribution >= 4 is 28.6 Å². The van der Waals surface area contributed by atoms with Crippen LogP contribution in [-0.2, 0) is 0 Å². The molecule has 0 saturated carbocycles. The predicted octanol–water partition coefficient (Wildman–Crippen LogP) is 5.62. The maximum atomic E-state index is 5.82. The third-order valence-electron chi connectivity index (χ3n) is 5.95. The zero-order valence-corrected chi connectivity index (χ0v) is 20.4. The largest absolute Gasteiger partial charge is 0.497 e. The zero-order chi connectivity index (χ0) is 24.4. The van der Waals surface area contributed by atoms with Crippen LogP contribution in [0.3, 0.4) is 0 Å². The van der Waals surface area contributed by atoms with Crippen LogP contribution in [0, 0.1) is 0 Å². The molecule has 1 aliphatic heterocycles. The smallest absolute Gasteiger partial charge is 0.258 e. The summed E-state index contributed by atoms with van der Waals surface area (Å²) in [6.07, 6.45) is 0. The molecule has 7 nitrogen and oxygen atoms in total. The Morgan fingerprint density at radius 2 is 1.51 bits per heavy atom. The van der Waals surface area contributed by atoms with Crippen LogP contribution in [0.25, 0.3) is 17.0 Å². The van der Waals surface area contributed by atoms with E-state index < -0.39 is 0 Å². The lowest BCUT2D eigenvalue weighted by Crippen LogP contribution is -2.46. The van der Waals surface area contributed by atoms with Crippen LogP contribution >= 0.6 is 12.2 Å². The zero-order valence-electron chi connectivity index (χ0n) is 19.6. The topological polar surface area (TPSA) is 72.7 Å². The number of hydrogen-bond acceptors (Lipinski definition) is 6. The van der Waals surface area contributed by atoms with Crippen molar-refractivity contribution < 1.29 is 14.0 Å². The summed E-state index contributed by atoms with van der Waals surface area (Å²) < 4.78 is 16.4. The molecular formula is C27H24N4O3S. The lowest BCUT2D eigenvalue weighted by molar-refractivity contribution is 0.403. The SMILES string of the molecule is COc1ccc(-c2noc(C3=C(C)N(c4ccccc4)C(=S)NC3c3ccc(OC)cc3)n2)cc1. The Kier molecular flexibility index (Phi) is 6.20. The molecule has 0 amide bonds. The van der Waals surface area contributed by atoms with E-state index in [-0.39, 0.29) is 6.04 Å². The van der Waals surface area contributed by atoms with E-state index in [0.717, 1.165) is 39.6 Å². The summed E-state index contributed by atoms with van der Waals surface area (Å²) in [5.74, 6) is 2.46. The highest BCUT2D eigenvalue weighted by Crippen LogP contribution is 2.39. The van der Waals surface area contributed by atoms with E-state index in [9.17, 15) is 0 Å². The highest BCUT2D eigenvalue weighted by atomic mass is 32.1. The van der Waals surface area contributed by atoms with E-state index in [4.69, 9.17) is 31.2 Å². The molecule has 0 saturated heterocycles. The van der Waals surface area contributed by atoms with E-state index in [1.54, 1.807) is 14.2 Å². The van der Waals surface area contributed by atoms with E-state index in [2.05, 4.69) is 10.5 Å². The Morgan fingerprint density at radius 1 is 0.886 bits per heavy atom. The number of ether oxygens (including phenoxy) is 2. The fourth-order valence-electron chi connectivity index (χ4n) is 4.14. The van der Waals surface area contributed by atoms with Crippen molar-refractivity contribution in [2.45, 2.75) is 13.0 Å². The maximum Gasteiger partial charge on any atom is 0.258 e. The first-order valence-corrected chi connectivity index (χ1v) is 11.5. The quantitative estimate of drug-likeness (QED) is 0.354. The number of benzene rings is 3. The van der Waals surface area contributed by atoms with Gasteiger partial charge in [0.1, 0.15) is 11.5 Å². The first-order chi connectivity index (χ1) is 17.1. The number of allylic oxidation sites excluding steroid dienone is 1. The van der Waals surface area contributed by atoms with Crippen molar-refractivity contribution in [2.24, 2.45) is 0 Å². The van der Waals surface area contributed by atoms with Crippen molar-refractivity contribution in [3.63, 3.8) is 0 Å². The predicted molar refractivity (Wildman–Crippen MR) is 139 cm³/mol. The van der Waals surface area contributed by atoms with Gasteiger partial charge < -0.3 is 19.3 Å². The molecule has 35 heavy (non-hydrogen) atoms. The number of hydrogen-bond donors (Lipinski definition) is 1. The van der Waals surface area contributed by atoms with Gasteiger partial charge in [-0.1, -0.05) is 35.5 Å². The average Bonchev–Trinajstić information content (AvgIpc) is 3.39. The van der Waals surface area contributed by atoms with Gasteiger partial charge in [-0.25, -0.2) is 0 Å². The number of thiocarbonyl (C=S) groups is 1. The van der Waals surface area contributed by atoms with Gasteiger partial charge in [0.25, 0.3) is 5.89 Å². The highest BCUT2D eigenvalue weighted by molar-refractivity contribution is 7.80. The number of nitrogens with zero attached hydrogens (tertiary/aromatic N) is 3. The second kappa shape index (κ2) is 9.60. The van der Waals surface area contributed by atoms with Gasteiger partial charge in [0.2, 0.25) is 5.82 Å². The molecule has 1 N–H and O–H groups in total. The Bertz CT molecular complexity index is 1370. The summed E-state index contributed by atoms with van der Waals surface area (Å²) in [5, 5.41) is 8.33. The molecular weight excluding hydrogens is 460 g/mol. The maximum absolute atomic E-state index is 5.82. The normalized spacial score (nSPS) is 15.7. The van der Waals surface area contributed by atoms with Gasteiger partial charge in [0, 0.05) is 16.9 Å². The fraction of sp³-hybridized carbons (Fsp3) is 0.148. The molecule has 2 heterocycles. The minimum atomic E-state index is -0.280. The summed E-state index contributed by atoms with van der Waals surface area (Å²) in [4.78, 5) is 6.75. The number of rotatable bonds is 6. The number of nitrogens with one attached hydrogen (secondary N) is 1. The Hall–Kier alpha value is -4.17. The van der Waals surface area contributed by atoms with Crippen LogP contribution < -0.4 is 19.7 Å². The molecule has 0 bridgehead atoms. The summed E-state index contributed by atoms with van der Waals surface area (Å²) in [7, 11) is 3.28. The molecule has 0 aliphatic carbocycles. The number of para-hydroxylation sites is 1. The molecule has 0 fully saturated rings. The van der Waals surface area contributed by atoms with Gasteiger partial charge in [0.15, 0.2) is 5.11 Å². The summed E-state index contributed by atoms with van der Waals surface area (Å²) in [5.41, 5.74) is 4.53. The van der Waals surface area contributed by atoms with Gasteiger partial charge >= 0.3 is 0 Å². The van der Waals surface area contributed by atoms with E-state index in [1.165, 1.54) is 0 Å². The van der Waals surface area contributed by atoms with Crippen LogP contribution in [0.1, 0.15) is 24.4 Å². The van der Waals surface area contributed by atoms with Crippen molar-refractivity contribution in [3.8, 4) is 22.9 Å². The molecule has 0 radical (unpaired) electrons. The molecule has 4 aromatic rings. The minimum absolute atomic E-state index is 0.280. The van der Waals surface area contributed by atoms with Crippen LogP contribution in [-0.4, -0.2) is 29.5 Å². The molecule has 1 atom stereocenters. The van der Waals surface area contributed by atoms with Crippen molar-refractivity contribution in [1.29, 1.82) is 0 Å². The van der Waals surface area contributed by atoms with E-state index >= 15 is 0 Å².